The molecule has 2 aliphatic heterocycles. The highest BCUT2D eigenvalue weighted by molar-refractivity contribution is 7.46. The van der Waals surface area contributed by atoms with E-state index in [1.807, 2.05) is 12.1 Å². The number of fused-ring (bicyclic) bond motifs is 4. The second kappa shape index (κ2) is 9.71. The highest BCUT2D eigenvalue weighted by Gasteiger charge is 2.36. The second-order valence-electron chi connectivity index (χ2n) is 8.21. The molecule has 34 heavy (non-hydrogen) atoms. The lowest BCUT2D eigenvalue weighted by Gasteiger charge is -2.42. The maximum atomic E-state index is 11.4. The molecule has 12 heteroatoms. The SMILES string of the molecule is COc1cc2c(cc1OC(CO)C(O)O)[C@@H]1Cc3ccc(OP(=O)(O)O)c(OC)c3CN1CC2. The minimum absolute atomic E-state index is 0.0107. The van der Waals surface area contributed by atoms with Gasteiger partial charge >= 0.3 is 7.82 Å². The lowest BCUT2D eigenvalue weighted by molar-refractivity contribution is -0.125. The van der Waals surface area contributed by atoms with Gasteiger partial charge in [-0.1, -0.05) is 6.07 Å². The first-order valence-corrected chi connectivity index (χ1v) is 12.2. The van der Waals surface area contributed by atoms with Crippen molar-refractivity contribution in [3.05, 3.63) is 46.5 Å². The molecule has 0 saturated heterocycles. The van der Waals surface area contributed by atoms with Gasteiger partial charge in [-0.2, -0.15) is 0 Å². The molecule has 0 fully saturated rings. The summed E-state index contributed by atoms with van der Waals surface area (Å²) in [6.45, 7) is 0.638. The van der Waals surface area contributed by atoms with Crippen LogP contribution in [0.25, 0.3) is 0 Å². The number of rotatable bonds is 8. The van der Waals surface area contributed by atoms with E-state index in [1.165, 1.54) is 20.3 Å². The van der Waals surface area contributed by atoms with Crippen molar-refractivity contribution in [1.29, 1.82) is 0 Å². The predicted octanol–water partition coefficient (Wildman–Crippen LogP) is 0.881. The Morgan fingerprint density at radius 3 is 2.47 bits per heavy atom. The molecule has 0 spiro atoms. The van der Waals surface area contributed by atoms with Crippen LogP contribution in [0, 0.1) is 0 Å². The monoisotopic (exact) mass is 497 g/mol. The summed E-state index contributed by atoms with van der Waals surface area (Å²) in [6, 6.07) is 6.93. The molecule has 1 unspecified atom stereocenters. The van der Waals surface area contributed by atoms with Gasteiger partial charge in [0.15, 0.2) is 35.4 Å². The number of phosphoric acid groups is 1. The first-order chi connectivity index (χ1) is 16.1. The van der Waals surface area contributed by atoms with Crippen LogP contribution >= 0.6 is 7.82 Å². The summed E-state index contributed by atoms with van der Waals surface area (Å²) >= 11 is 0. The molecule has 11 nitrogen and oxygen atoms in total. The zero-order valence-electron chi connectivity index (χ0n) is 18.7. The average molecular weight is 497 g/mol. The third kappa shape index (κ3) is 4.87. The van der Waals surface area contributed by atoms with E-state index in [-0.39, 0.29) is 11.8 Å². The Morgan fingerprint density at radius 2 is 1.85 bits per heavy atom. The number of aliphatic hydroxyl groups is 3. The largest absolute Gasteiger partial charge is 0.524 e. The molecule has 2 heterocycles. The Balaban J connectivity index is 1.70. The summed E-state index contributed by atoms with van der Waals surface area (Å²) in [6.07, 6.45) is -1.76. The quantitative estimate of drug-likeness (QED) is 0.260. The van der Waals surface area contributed by atoms with Crippen molar-refractivity contribution < 1.29 is 48.4 Å². The number of ether oxygens (including phenoxy) is 3. The van der Waals surface area contributed by atoms with Crippen LogP contribution in [0.5, 0.6) is 23.0 Å². The van der Waals surface area contributed by atoms with Crippen molar-refractivity contribution in [3.8, 4) is 23.0 Å². The van der Waals surface area contributed by atoms with E-state index in [0.29, 0.717) is 30.2 Å². The summed E-state index contributed by atoms with van der Waals surface area (Å²) in [4.78, 5) is 20.7. The van der Waals surface area contributed by atoms with Crippen LogP contribution in [0.15, 0.2) is 24.3 Å². The van der Waals surface area contributed by atoms with Crippen molar-refractivity contribution in [2.75, 3.05) is 27.4 Å². The van der Waals surface area contributed by atoms with Crippen LogP contribution in [-0.2, 0) is 24.0 Å². The maximum absolute atomic E-state index is 11.4. The van der Waals surface area contributed by atoms with Crippen LogP contribution in [0.1, 0.15) is 28.3 Å². The lowest BCUT2D eigenvalue weighted by Crippen LogP contribution is -2.39. The van der Waals surface area contributed by atoms with E-state index < -0.39 is 26.8 Å². The summed E-state index contributed by atoms with van der Waals surface area (Å²) in [5, 5.41) is 28.4. The number of aliphatic hydroxyl groups excluding tert-OH is 2. The fourth-order valence-electron chi connectivity index (χ4n) is 4.64. The zero-order valence-corrected chi connectivity index (χ0v) is 19.6. The van der Waals surface area contributed by atoms with E-state index in [9.17, 15) is 29.7 Å². The van der Waals surface area contributed by atoms with E-state index in [1.54, 1.807) is 6.07 Å². The molecule has 0 aromatic heterocycles. The van der Waals surface area contributed by atoms with Gasteiger partial charge in [0.1, 0.15) is 0 Å². The van der Waals surface area contributed by atoms with Gasteiger partial charge in [0, 0.05) is 24.7 Å². The number of methoxy groups -OCH3 is 2. The average Bonchev–Trinajstić information content (AvgIpc) is 2.79. The van der Waals surface area contributed by atoms with Gasteiger partial charge in [0.05, 0.1) is 20.8 Å². The molecule has 5 N–H and O–H groups in total. The van der Waals surface area contributed by atoms with Gasteiger partial charge in [-0.25, -0.2) is 4.57 Å². The van der Waals surface area contributed by atoms with Gasteiger partial charge in [-0.3, -0.25) is 14.7 Å². The van der Waals surface area contributed by atoms with Crippen LogP contribution in [0.3, 0.4) is 0 Å². The molecule has 2 aliphatic rings. The normalized spacial score (nSPS) is 18.5. The molecule has 4 rings (SSSR count). The lowest BCUT2D eigenvalue weighted by atomic mass is 9.83. The van der Waals surface area contributed by atoms with E-state index in [0.717, 1.165) is 35.2 Å². The Morgan fingerprint density at radius 1 is 1.09 bits per heavy atom. The zero-order chi connectivity index (χ0) is 24.6. The summed E-state index contributed by atoms with van der Waals surface area (Å²) in [5.41, 5.74) is 3.84. The van der Waals surface area contributed by atoms with Crippen molar-refractivity contribution in [2.45, 2.75) is 37.8 Å². The summed E-state index contributed by atoms with van der Waals surface area (Å²) < 4.78 is 32.7. The first-order valence-electron chi connectivity index (χ1n) is 10.7. The van der Waals surface area contributed by atoms with Crippen molar-refractivity contribution in [3.63, 3.8) is 0 Å². The number of nitrogens with zero attached hydrogens (tertiary/aromatic N) is 1. The van der Waals surface area contributed by atoms with Crippen LogP contribution in [0.4, 0.5) is 0 Å². The highest BCUT2D eigenvalue weighted by atomic mass is 31.2. The van der Waals surface area contributed by atoms with E-state index >= 15 is 0 Å². The third-order valence-electron chi connectivity index (χ3n) is 6.20. The van der Waals surface area contributed by atoms with Crippen LogP contribution < -0.4 is 18.7 Å². The van der Waals surface area contributed by atoms with Crippen LogP contribution in [0.2, 0.25) is 0 Å². The van der Waals surface area contributed by atoms with Gasteiger partial charge in [-0.15, -0.1) is 0 Å². The van der Waals surface area contributed by atoms with Crippen molar-refractivity contribution in [1.82, 2.24) is 4.90 Å². The molecule has 2 aromatic carbocycles. The Labute approximate surface area is 196 Å². The topological polar surface area (TPSA) is 158 Å². The molecule has 0 amide bonds. The maximum Gasteiger partial charge on any atom is 0.524 e. The van der Waals surface area contributed by atoms with Gasteiger partial charge < -0.3 is 34.1 Å². The highest BCUT2D eigenvalue weighted by Crippen LogP contribution is 2.48. The second-order valence-corrected chi connectivity index (χ2v) is 9.37. The number of hydrogen-bond donors (Lipinski definition) is 5. The van der Waals surface area contributed by atoms with Crippen molar-refractivity contribution >= 4 is 7.82 Å². The standard InChI is InChI=1S/C22H28NO10P/c1-30-18-8-13-5-6-23-10-15-12(3-4-17(21(15)31-2)33-34(27,28)29)7-16(23)14(13)9-19(18)32-20(11-24)22(25)26/h3-4,8-9,16,20,22,24-26H,5-7,10-11H2,1-2H3,(H2,27,28,29)/t16-,20?/m0/s1. The fourth-order valence-corrected chi connectivity index (χ4v) is 5.04. The summed E-state index contributed by atoms with van der Waals surface area (Å²) in [7, 11) is -1.82. The first kappa shape index (κ1) is 24.7. The smallest absolute Gasteiger partial charge is 0.493 e. The number of benzene rings is 2. The number of phosphoric ester groups is 1. The Bertz CT molecular complexity index is 1100. The third-order valence-corrected chi connectivity index (χ3v) is 6.64. The van der Waals surface area contributed by atoms with Gasteiger partial charge in [-0.05, 0) is 47.7 Å². The minimum atomic E-state index is -4.74. The fraction of sp³-hybridized carbons (Fsp3) is 0.455. The summed E-state index contributed by atoms with van der Waals surface area (Å²) in [5.74, 6) is 1.02. The molecule has 0 radical (unpaired) electrons. The van der Waals surface area contributed by atoms with Gasteiger partial charge in [0.2, 0.25) is 0 Å². The Hall–Kier alpha value is -2.37. The molecular formula is C22H28NO10P. The molecule has 2 aromatic rings. The predicted molar refractivity (Wildman–Crippen MR) is 119 cm³/mol. The molecule has 186 valence electrons. The van der Waals surface area contributed by atoms with Crippen molar-refractivity contribution in [2.24, 2.45) is 0 Å². The molecule has 2 atom stereocenters. The number of hydrogen-bond acceptors (Lipinski definition) is 9. The van der Waals surface area contributed by atoms with E-state index in [4.69, 9.17) is 18.7 Å². The van der Waals surface area contributed by atoms with Crippen LogP contribution in [-0.4, -0.2) is 69.8 Å². The Kier molecular flexibility index (Phi) is 7.07. The molecule has 0 saturated carbocycles. The minimum Gasteiger partial charge on any atom is -0.493 e. The molecule has 0 bridgehead atoms. The molecular weight excluding hydrogens is 469 g/mol. The van der Waals surface area contributed by atoms with Gasteiger partial charge in [0.25, 0.3) is 0 Å². The van der Waals surface area contributed by atoms with E-state index in [2.05, 4.69) is 4.90 Å². The molecule has 0 aliphatic carbocycles.